The second-order valence-corrected chi connectivity index (χ2v) is 10.1. The predicted octanol–water partition coefficient (Wildman–Crippen LogP) is 4.42. The monoisotopic (exact) mass is 464 g/mol. The molecule has 3 aromatic rings. The fourth-order valence-electron chi connectivity index (χ4n) is 5.20. The van der Waals surface area contributed by atoms with E-state index in [9.17, 15) is 14.9 Å². The van der Waals surface area contributed by atoms with Gasteiger partial charge in [-0.15, -0.1) is 0 Å². The van der Waals surface area contributed by atoms with E-state index in [1.165, 1.54) is 16.7 Å². The van der Waals surface area contributed by atoms with Crippen LogP contribution in [0.2, 0.25) is 0 Å². The van der Waals surface area contributed by atoms with Gasteiger partial charge in [0.25, 0.3) is 0 Å². The van der Waals surface area contributed by atoms with Gasteiger partial charge in [-0.25, -0.2) is 0 Å². The Hall–Kier alpha value is -3.98. The molecule has 2 amide bonds. The highest BCUT2D eigenvalue weighted by molar-refractivity contribution is 6.05. The van der Waals surface area contributed by atoms with Crippen LogP contribution in [0.4, 0.5) is 11.4 Å². The summed E-state index contributed by atoms with van der Waals surface area (Å²) in [7, 11) is 0. The third-order valence-corrected chi connectivity index (χ3v) is 7.11. The smallest absolute Gasteiger partial charge is 0.232 e. The van der Waals surface area contributed by atoms with Gasteiger partial charge in [-0.2, -0.15) is 5.26 Å². The van der Waals surface area contributed by atoms with Crippen LogP contribution >= 0.6 is 0 Å². The lowest BCUT2D eigenvalue weighted by Crippen LogP contribution is -2.39. The van der Waals surface area contributed by atoms with Crippen molar-refractivity contribution >= 4 is 23.2 Å². The lowest BCUT2D eigenvalue weighted by atomic mass is 9.85. The minimum atomic E-state index is -0.402. The number of anilines is 2. The molecule has 0 N–H and O–H groups in total. The Kier molecular flexibility index (Phi) is 5.86. The highest BCUT2D eigenvalue weighted by atomic mass is 16.2. The van der Waals surface area contributed by atoms with Crippen LogP contribution in [0, 0.1) is 17.2 Å². The third-order valence-electron chi connectivity index (χ3n) is 7.11. The van der Waals surface area contributed by atoms with Crippen LogP contribution < -0.4 is 9.80 Å². The van der Waals surface area contributed by atoms with Gasteiger partial charge in [0.15, 0.2) is 0 Å². The van der Waals surface area contributed by atoms with Crippen LogP contribution in [-0.4, -0.2) is 29.9 Å². The van der Waals surface area contributed by atoms with Gasteiger partial charge >= 0.3 is 0 Å². The van der Waals surface area contributed by atoms with Gasteiger partial charge in [0.05, 0.1) is 17.6 Å². The summed E-state index contributed by atoms with van der Waals surface area (Å²) in [6.07, 6.45) is 5.69. The van der Waals surface area contributed by atoms with Gasteiger partial charge < -0.3 is 9.80 Å². The number of carbonyl (C=O) groups is 2. The molecule has 0 unspecified atom stereocenters. The zero-order valence-corrected chi connectivity index (χ0v) is 20.1. The predicted molar refractivity (Wildman–Crippen MR) is 135 cm³/mol. The number of nitrogens with zero attached hydrogens (tertiary/aromatic N) is 4. The van der Waals surface area contributed by atoms with Gasteiger partial charge in [-0.1, -0.05) is 32.0 Å². The molecular formula is C29H28N4O2. The number of hydrogen-bond acceptors (Lipinski definition) is 4. The van der Waals surface area contributed by atoms with Gasteiger partial charge in [-0.3, -0.25) is 14.6 Å². The van der Waals surface area contributed by atoms with Crippen LogP contribution in [0.25, 0.3) is 0 Å². The van der Waals surface area contributed by atoms with Gasteiger partial charge in [0, 0.05) is 48.7 Å². The van der Waals surface area contributed by atoms with Gasteiger partial charge in [0.2, 0.25) is 11.8 Å². The molecule has 1 fully saturated rings. The van der Waals surface area contributed by atoms with Crippen LogP contribution in [0.1, 0.15) is 42.5 Å². The molecule has 3 heterocycles. The molecule has 0 radical (unpaired) electrons. The zero-order valence-electron chi connectivity index (χ0n) is 20.1. The van der Waals surface area contributed by atoms with Crippen molar-refractivity contribution in [3.05, 3.63) is 89.2 Å². The Morgan fingerprint density at radius 1 is 1.09 bits per heavy atom. The fourth-order valence-corrected chi connectivity index (χ4v) is 5.20. The summed E-state index contributed by atoms with van der Waals surface area (Å²) in [4.78, 5) is 34.0. The first kappa shape index (κ1) is 22.8. The lowest BCUT2D eigenvalue weighted by Gasteiger charge is -2.23. The minimum absolute atomic E-state index is 0.00588. The second kappa shape index (κ2) is 8.99. The van der Waals surface area contributed by atoms with Crippen molar-refractivity contribution in [2.24, 2.45) is 5.92 Å². The topological polar surface area (TPSA) is 77.3 Å². The molecule has 5 rings (SSSR count). The molecule has 0 spiro atoms. The highest BCUT2D eigenvalue weighted by Crippen LogP contribution is 2.42. The van der Waals surface area contributed by atoms with Crippen molar-refractivity contribution in [1.29, 1.82) is 5.26 Å². The number of aromatic nitrogens is 1. The normalized spacial score (nSPS) is 18.4. The first-order valence-electron chi connectivity index (χ1n) is 12.0. The van der Waals surface area contributed by atoms with E-state index < -0.39 is 5.92 Å². The van der Waals surface area contributed by atoms with Crippen molar-refractivity contribution < 1.29 is 9.59 Å². The number of fused-ring (bicyclic) bond motifs is 1. The van der Waals surface area contributed by atoms with Crippen molar-refractivity contribution in [3.8, 4) is 6.07 Å². The fraction of sp³-hybridized carbons (Fsp3) is 0.310. The number of aryl methyl sites for hydroxylation is 2. The van der Waals surface area contributed by atoms with E-state index in [0.29, 0.717) is 24.3 Å². The first-order valence-corrected chi connectivity index (χ1v) is 12.0. The number of hydrogen-bond donors (Lipinski definition) is 0. The SMILES string of the molecule is CC1(C)CN(C(=O)[C@H]2CC(=O)N(c3cccc(C#N)c3)C2)c2ccc(CCc3ccncc3)cc21. The highest BCUT2D eigenvalue weighted by Gasteiger charge is 2.43. The van der Waals surface area contributed by atoms with Crippen LogP contribution in [-0.2, 0) is 27.8 Å². The quantitative estimate of drug-likeness (QED) is 0.560. The van der Waals surface area contributed by atoms with Crippen LogP contribution in [0.3, 0.4) is 0 Å². The molecule has 2 aromatic carbocycles. The number of nitriles is 1. The standard InChI is InChI=1S/C29H28N4O2/c1-29(2)19-33(26-9-8-21(15-25(26)29)7-6-20-10-12-31-13-11-20)28(35)23-16-27(34)32(18-23)24-5-3-4-22(14-24)17-30/h3-5,8-15,23H,6-7,16,18-19H2,1-2H3/t23-/m0/s1. The molecule has 0 aliphatic carbocycles. The molecular weight excluding hydrogens is 436 g/mol. The second-order valence-electron chi connectivity index (χ2n) is 10.1. The average Bonchev–Trinajstić information content (AvgIpc) is 3.39. The van der Waals surface area contributed by atoms with E-state index in [1.807, 2.05) is 35.5 Å². The molecule has 1 atom stereocenters. The van der Waals surface area contributed by atoms with E-state index in [-0.39, 0.29) is 23.7 Å². The summed E-state index contributed by atoms with van der Waals surface area (Å²) >= 11 is 0. The summed E-state index contributed by atoms with van der Waals surface area (Å²) in [6, 6.07) is 19.6. The van der Waals surface area contributed by atoms with Crippen LogP contribution in [0.5, 0.6) is 0 Å². The molecule has 0 saturated carbocycles. The molecule has 2 aliphatic heterocycles. The van der Waals surface area contributed by atoms with Crippen LogP contribution in [0.15, 0.2) is 67.0 Å². The number of benzene rings is 2. The lowest BCUT2D eigenvalue weighted by molar-refractivity contribution is -0.124. The molecule has 6 heteroatoms. The number of pyridine rings is 1. The molecule has 2 aliphatic rings. The number of carbonyl (C=O) groups excluding carboxylic acids is 2. The van der Waals surface area contributed by atoms with E-state index >= 15 is 0 Å². The van der Waals surface area contributed by atoms with Gasteiger partial charge in [0.1, 0.15) is 0 Å². The summed E-state index contributed by atoms with van der Waals surface area (Å²) in [5.74, 6) is -0.487. The number of rotatable bonds is 5. The zero-order chi connectivity index (χ0) is 24.6. The summed E-state index contributed by atoms with van der Waals surface area (Å²) in [5, 5.41) is 9.19. The molecule has 1 saturated heterocycles. The maximum Gasteiger partial charge on any atom is 0.232 e. The van der Waals surface area contributed by atoms with Crippen molar-refractivity contribution in [2.45, 2.75) is 38.5 Å². The Morgan fingerprint density at radius 3 is 2.63 bits per heavy atom. The molecule has 6 nitrogen and oxygen atoms in total. The van der Waals surface area contributed by atoms with Crippen molar-refractivity contribution in [1.82, 2.24) is 4.98 Å². The Bertz CT molecular complexity index is 1330. The maximum atomic E-state index is 13.6. The molecule has 176 valence electrons. The van der Waals surface area contributed by atoms with E-state index in [4.69, 9.17) is 0 Å². The van der Waals surface area contributed by atoms with Crippen molar-refractivity contribution in [3.63, 3.8) is 0 Å². The van der Waals surface area contributed by atoms with Gasteiger partial charge in [-0.05, 0) is 65.9 Å². The Labute approximate surface area is 205 Å². The van der Waals surface area contributed by atoms with Crippen molar-refractivity contribution in [2.75, 3.05) is 22.9 Å². The Balaban J connectivity index is 1.33. The summed E-state index contributed by atoms with van der Waals surface area (Å²) in [5.41, 5.74) is 5.65. The average molecular weight is 465 g/mol. The maximum absolute atomic E-state index is 13.6. The minimum Gasteiger partial charge on any atom is -0.312 e. The number of amides is 2. The summed E-state index contributed by atoms with van der Waals surface area (Å²) < 4.78 is 0. The van der Waals surface area contributed by atoms with E-state index in [0.717, 1.165) is 18.5 Å². The van der Waals surface area contributed by atoms with E-state index in [2.05, 4.69) is 43.1 Å². The molecule has 0 bridgehead atoms. The molecule has 35 heavy (non-hydrogen) atoms. The summed E-state index contributed by atoms with van der Waals surface area (Å²) in [6.45, 7) is 5.28. The first-order chi connectivity index (χ1) is 16.9. The Morgan fingerprint density at radius 2 is 1.86 bits per heavy atom. The molecule has 1 aromatic heterocycles. The largest absolute Gasteiger partial charge is 0.312 e. The third kappa shape index (κ3) is 4.42. The van der Waals surface area contributed by atoms with E-state index in [1.54, 1.807) is 23.1 Å².